The first kappa shape index (κ1) is 16.2. The van der Waals surface area contributed by atoms with Crippen molar-refractivity contribution in [2.24, 2.45) is 5.84 Å². The standard InChI is InChI=1S/C16H18N10S/c17-24-16-15(19-5-11-1-12-14(27-11)7-21-25-12)23-13(6-20-16)9-2-22-26(8-9)10-3-18-4-10/h1-2,6-8,10,18H,3-5,17H2,(H,19,23)(H,20,24)(H,21,25). The fourth-order valence-corrected chi connectivity index (χ4v) is 3.87. The molecule has 1 aliphatic rings. The van der Waals surface area contributed by atoms with Crippen LogP contribution in [0.4, 0.5) is 11.6 Å². The molecule has 0 saturated carbocycles. The second-order valence-corrected chi connectivity index (χ2v) is 7.50. The molecular weight excluding hydrogens is 364 g/mol. The van der Waals surface area contributed by atoms with Crippen molar-refractivity contribution >= 4 is 33.2 Å². The van der Waals surface area contributed by atoms with Crippen molar-refractivity contribution in [2.75, 3.05) is 23.8 Å². The van der Waals surface area contributed by atoms with Crippen LogP contribution >= 0.6 is 11.3 Å². The fraction of sp³-hybridized carbons (Fsp3) is 0.250. The van der Waals surface area contributed by atoms with E-state index in [-0.39, 0.29) is 0 Å². The van der Waals surface area contributed by atoms with Gasteiger partial charge in [-0.1, -0.05) is 0 Å². The second-order valence-electron chi connectivity index (χ2n) is 6.33. The van der Waals surface area contributed by atoms with E-state index in [0.717, 1.165) is 34.6 Å². The maximum absolute atomic E-state index is 5.60. The summed E-state index contributed by atoms with van der Waals surface area (Å²) in [7, 11) is 0. The van der Waals surface area contributed by atoms with E-state index in [2.05, 4.69) is 47.4 Å². The van der Waals surface area contributed by atoms with E-state index in [0.29, 0.717) is 24.2 Å². The Labute approximate surface area is 158 Å². The summed E-state index contributed by atoms with van der Waals surface area (Å²) in [5.41, 5.74) is 5.30. The van der Waals surface area contributed by atoms with Gasteiger partial charge in [0.2, 0.25) is 0 Å². The molecule has 0 atom stereocenters. The highest BCUT2D eigenvalue weighted by atomic mass is 32.1. The molecule has 11 heteroatoms. The van der Waals surface area contributed by atoms with Crippen LogP contribution in [0.5, 0.6) is 0 Å². The summed E-state index contributed by atoms with van der Waals surface area (Å²) in [5, 5.41) is 18.0. The molecule has 10 nitrogen and oxygen atoms in total. The van der Waals surface area contributed by atoms with E-state index < -0.39 is 0 Å². The van der Waals surface area contributed by atoms with Crippen LogP contribution in [0.1, 0.15) is 10.9 Å². The summed E-state index contributed by atoms with van der Waals surface area (Å²) in [6.45, 7) is 2.51. The summed E-state index contributed by atoms with van der Waals surface area (Å²) in [6.07, 6.45) is 7.34. The molecule has 0 spiro atoms. The molecule has 138 valence electrons. The van der Waals surface area contributed by atoms with Crippen molar-refractivity contribution in [1.29, 1.82) is 0 Å². The highest BCUT2D eigenvalue weighted by Gasteiger charge is 2.20. The van der Waals surface area contributed by atoms with Gasteiger partial charge < -0.3 is 16.1 Å². The van der Waals surface area contributed by atoms with Gasteiger partial charge in [0.15, 0.2) is 11.6 Å². The Balaban J connectivity index is 1.38. The van der Waals surface area contributed by atoms with Crippen molar-refractivity contribution in [3.8, 4) is 11.3 Å². The second kappa shape index (κ2) is 6.61. The van der Waals surface area contributed by atoms with Crippen LogP contribution in [0, 0.1) is 0 Å². The molecule has 27 heavy (non-hydrogen) atoms. The lowest BCUT2D eigenvalue weighted by Gasteiger charge is -2.27. The summed E-state index contributed by atoms with van der Waals surface area (Å²) in [4.78, 5) is 10.2. The number of aromatic amines is 1. The maximum atomic E-state index is 5.60. The number of nitrogens with two attached hydrogens (primary N) is 1. The highest BCUT2D eigenvalue weighted by molar-refractivity contribution is 7.19. The van der Waals surface area contributed by atoms with E-state index in [1.54, 1.807) is 17.5 Å². The molecule has 0 radical (unpaired) electrons. The van der Waals surface area contributed by atoms with E-state index in [9.17, 15) is 0 Å². The molecule has 0 amide bonds. The molecule has 0 bridgehead atoms. The molecular formula is C16H18N10S. The monoisotopic (exact) mass is 382 g/mol. The van der Waals surface area contributed by atoms with Gasteiger partial charge in [-0.15, -0.1) is 11.3 Å². The first-order valence-electron chi connectivity index (χ1n) is 8.55. The van der Waals surface area contributed by atoms with E-state index in [1.165, 1.54) is 4.88 Å². The van der Waals surface area contributed by atoms with Gasteiger partial charge in [-0.3, -0.25) is 9.78 Å². The molecule has 4 aromatic rings. The van der Waals surface area contributed by atoms with Crippen LogP contribution < -0.4 is 21.9 Å². The largest absolute Gasteiger partial charge is 0.362 e. The molecule has 5 heterocycles. The first-order chi connectivity index (χ1) is 13.3. The van der Waals surface area contributed by atoms with Gasteiger partial charge in [0, 0.05) is 29.7 Å². The van der Waals surface area contributed by atoms with Gasteiger partial charge >= 0.3 is 0 Å². The van der Waals surface area contributed by atoms with Gasteiger partial charge in [-0.25, -0.2) is 15.8 Å². The Bertz CT molecular complexity index is 1050. The van der Waals surface area contributed by atoms with Crippen LogP contribution in [-0.4, -0.2) is 43.0 Å². The minimum atomic E-state index is 0.409. The molecule has 0 unspecified atom stereocenters. The van der Waals surface area contributed by atoms with Gasteiger partial charge in [0.25, 0.3) is 0 Å². The number of nitrogen functional groups attached to an aromatic ring is 1. The zero-order valence-electron chi connectivity index (χ0n) is 14.3. The first-order valence-corrected chi connectivity index (χ1v) is 9.36. The van der Waals surface area contributed by atoms with Gasteiger partial charge in [-0.05, 0) is 6.07 Å². The normalized spacial score (nSPS) is 14.4. The third-order valence-electron chi connectivity index (χ3n) is 4.55. The zero-order valence-corrected chi connectivity index (χ0v) is 15.1. The van der Waals surface area contributed by atoms with Crippen LogP contribution in [-0.2, 0) is 6.54 Å². The molecule has 0 aromatic carbocycles. The average Bonchev–Trinajstić information content (AvgIpc) is 3.34. The lowest BCUT2D eigenvalue weighted by molar-refractivity contribution is 0.318. The van der Waals surface area contributed by atoms with Crippen molar-refractivity contribution in [1.82, 2.24) is 35.3 Å². The number of hydrazine groups is 1. The summed E-state index contributed by atoms with van der Waals surface area (Å²) in [5.74, 6) is 6.69. The SMILES string of the molecule is NNc1ncc(-c2cnn(C3CNC3)c2)nc1NCc1cc2[nH]ncc2s1. The lowest BCUT2D eigenvalue weighted by atomic mass is 10.2. The highest BCUT2D eigenvalue weighted by Crippen LogP contribution is 2.26. The van der Waals surface area contributed by atoms with Gasteiger partial charge in [-0.2, -0.15) is 10.2 Å². The number of aromatic nitrogens is 6. The molecule has 1 aliphatic heterocycles. The number of nitrogens with one attached hydrogen (secondary N) is 4. The summed E-state index contributed by atoms with van der Waals surface area (Å²) >= 11 is 1.68. The third-order valence-corrected chi connectivity index (χ3v) is 5.62. The van der Waals surface area contributed by atoms with E-state index in [1.807, 2.05) is 23.3 Å². The van der Waals surface area contributed by atoms with Gasteiger partial charge in [0.05, 0.1) is 47.1 Å². The number of nitrogens with zero attached hydrogens (tertiary/aromatic N) is 5. The number of rotatable bonds is 6. The van der Waals surface area contributed by atoms with Crippen LogP contribution in [0.15, 0.2) is 30.9 Å². The van der Waals surface area contributed by atoms with E-state index >= 15 is 0 Å². The molecule has 4 aromatic heterocycles. The topological polar surface area (TPSA) is 134 Å². The number of fused-ring (bicyclic) bond motifs is 1. The third kappa shape index (κ3) is 3.01. The maximum Gasteiger partial charge on any atom is 0.183 e. The lowest BCUT2D eigenvalue weighted by Crippen LogP contribution is -2.43. The van der Waals surface area contributed by atoms with E-state index in [4.69, 9.17) is 5.84 Å². The summed E-state index contributed by atoms with van der Waals surface area (Å²) < 4.78 is 3.10. The minimum Gasteiger partial charge on any atom is -0.362 e. The van der Waals surface area contributed by atoms with Crippen molar-refractivity contribution in [2.45, 2.75) is 12.6 Å². The molecule has 0 aliphatic carbocycles. The number of anilines is 2. The van der Waals surface area contributed by atoms with Crippen molar-refractivity contribution in [3.63, 3.8) is 0 Å². The smallest absolute Gasteiger partial charge is 0.183 e. The summed E-state index contributed by atoms with van der Waals surface area (Å²) in [6, 6.07) is 2.48. The Hall–Kier alpha value is -3.02. The fourth-order valence-electron chi connectivity index (χ4n) is 2.95. The Kier molecular flexibility index (Phi) is 3.96. The minimum absolute atomic E-state index is 0.409. The number of thiophene rings is 1. The Morgan fingerprint density at radius 3 is 2.96 bits per heavy atom. The van der Waals surface area contributed by atoms with Gasteiger partial charge in [0.1, 0.15) is 0 Å². The molecule has 6 N–H and O–H groups in total. The quantitative estimate of drug-likeness (QED) is 0.249. The van der Waals surface area contributed by atoms with Crippen LogP contribution in [0.2, 0.25) is 0 Å². The predicted molar refractivity (Wildman–Crippen MR) is 104 cm³/mol. The Morgan fingerprint density at radius 1 is 1.26 bits per heavy atom. The van der Waals surface area contributed by atoms with Crippen LogP contribution in [0.25, 0.3) is 21.5 Å². The molecule has 1 saturated heterocycles. The number of hydrogen-bond donors (Lipinski definition) is 5. The predicted octanol–water partition coefficient (Wildman–Crippen LogP) is 1.32. The number of hydrogen-bond acceptors (Lipinski definition) is 9. The molecule has 1 fully saturated rings. The molecule has 5 rings (SSSR count). The zero-order chi connectivity index (χ0) is 18.2. The van der Waals surface area contributed by atoms with Crippen molar-refractivity contribution < 1.29 is 0 Å². The average molecular weight is 382 g/mol. The number of H-pyrrole nitrogens is 1. The Morgan fingerprint density at radius 2 is 2.19 bits per heavy atom. The van der Waals surface area contributed by atoms with Crippen molar-refractivity contribution in [3.05, 3.63) is 35.7 Å². The van der Waals surface area contributed by atoms with Crippen LogP contribution in [0.3, 0.4) is 0 Å².